The molecule has 2 heterocycles. The quantitative estimate of drug-likeness (QED) is 0.807. The summed E-state index contributed by atoms with van der Waals surface area (Å²) in [6.45, 7) is 5.21. The average molecular weight is 295 g/mol. The number of carboxylic acid groups (broad SMARTS) is 1. The van der Waals surface area contributed by atoms with Gasteiger partial charge in [0.2, 0.25) is 0 Å². The van der Waals surface area contributed by atoms with Gasteiger partial charge in [0.15, 0.2) is 5.82 Å². The van der Waals surface area contributed by atoms with Crippen LogP contribution in [-0.4, -0.2) is 22.3 Å². The molecule has 0 spiro atoms. The van der Waals surface area contributed by atoms with Crippen molar-refractivity contribution in [3.05, 3.63) is 27.8 Å². The Bertz CT molecular complexity index is 674. The highest BCUT2D eigenvalue weighted by Gasteiger charge is 2.20. The maximum Gasteiger partial charge on any atom is 0.338 e. The molecular weight excluding hydrogens is 282 g/mol. The molecule has 2 rings (SSSR count). The second-order valence-electron chi connectivity index (χ2n) is 4.19. The fourth-order valence-electron chi connectivity index (χ4n) is 1.65. The molecule has 0 aliphatic carbocycles. The van der Waals surface area contributed by atoms with Crippen molar-refractivity contribution in [1.29, 1.82) is 0 Å². The van der Waals surface area contributed by atoms with Crippen LogP contribution in [-0.2, 0) is 0 Å². The number of hydrogen-bond donors (Lipinski definition) is 3. The number of aryl methyl sites for hydroxylation is 2. The highest BCUT2D eigenvalue weighted by molar-refractivity contribution is 7.16. The van der Waals surface area contributed by atoms with E-state index in [-0.39, 0.29) is 11.4 Å². The zero-order valence-corrected chi connectivity index (χ0v) is 11.9. The second kappa shape index (κ2) is 5.33. The fourth-order valence-corrected chi connectivity index (χ4v) is 2.70. The van der Waals surface area contributed by atoms with Crippen LogP contribution in [0.15, 0.2) is 10.6 Å². The third-order valence-corrected chi connectivity index (χ3v) is 3.82. The summed E-state index contributed by atoms with van der Waals surface area (Å²) < 4.78 is 4.82. The van der Waals surface area contributed by atoms with Gasteiger partial charge in [-0.1, -0.05) is 5.16 Å². The Labute approximate surface area is 118 Å². The number of thiophene rings is 1. The lowest BCUT2D eigenvalue weighted by Crippen LogP contribution is -2.20. The van der Waals surface area contributed by atoms with Crippen LogP contribution in [0.4, 0.5) is 15.6 Å². The van der Waals surface area contributed by atoms with Gasteiger partial charge in [0.25, 0.3) is 0 Å². The molecule has 0 aliphatic rings. The van der Waals surface area contributed by atoms with Crippen LogP contribution >= 0.6 is 11.3 Å². The van der Waals surface area contributed by atoms with Gasteiger partial charge in [0, 0.05) is 10.9 Å². The number of hydrogen-bond acceptors (Lipinski definition) is 5. The Hall–Kier alpha value is -2.35. The van der Waals surface area contributed by atoms with Crippen molar-refractivity contribution in [1.82, 2.24) is 5.16 Å². The summed E-state index contributed by atoms with van der Waals surface area (Å²) in [5, 5.41) is 18.1. The van der Waals surface area contributed by atoms with Crippen LogP contribution in [0.2, 0.25) is 0 Å². The topological polar surface area (TPSA) is 104 Å². The van der Waals surface area contributed by atoms with Gasteiger partial charge in [0.1, 0.15) is 10.8 Å². The number of nitrogens with zero attached hydrogens (tertiary/aromatic N) is 1. The normalized spacial score (nSPS) is 10.3. The molecule has 0 aliphatic heterocycles. The number of rotatable bonds is 3. The summed E-state index contributed by atoms with van der Waals surface area (Å²) in [4.78, 5) is 23.8. The van der Waals surface area contributed by atoms with E-state index in [9.17, 15) is 14.7 Å². The largest absolute Gasteiger partial charge is 0.478 e. The third-order valence-electron chi connectivity index (χ3n) is 2.70. The molecule has 7 nitrogen and oxygen atoms in total. The van der Waals surface area contributed by atoms with Crippen LogP contribution in [0.1, 0.15) is 26.6 Å². The van der Waals surface area contributed by atoms with E-state index in [0.717, 1.165) is 4.88 Å². The van der Waals surface area contributed by atoms with E-state index in [1.54, 1.807) is 26.8 Å². The smallest absolute Gasteiger partial charge is 0.338 e. The molecule has 8 heteroatoms. The van der Waals surface area contributed by atoms with Crippen molar-refractivity contribution in [2.24, 2.45) is 0 Å². The average Bonchev–Trinajstić information content (AvgIpc) is 2.84. The van der Waals surface area contributed by atoms with Gasteiger partial charge in [-0.05, 0) is 26.3 Å². The van der Waals surface area contributed by atoms with Crippen molar-refractivity contribution in [3.8, 4) is 0 Å². The maximum absolute atomic E-state index is 11.8. The first-order valence-corrected chi connectivity index (χ1v) is 6.54. The Morgan fingerprint density at radius 1 is 1.30 bits per heavy atom. The summed E-state index contributed by atoms with van der Waals surface area (Å²) in [7, 11) is 0. The molecule has 0 saturated heterocycles. The maximum atomic E-state index is 11.8. The minimum atomic E-state index is -1.07. The molecule has 0 bridgehead atoms. The van der Waals surface area contributed by atoms with Gasteiger partial charge in [-0.2, -0.15) is 0 Å². The van der Waals surface area contributed by atoms with Crippen molar-refractivity contribution in [3.63, 3.8) is 0 Å². The Morgan fingerprint density at radius 3 is 2.55 bits per heavy atom. The van der Waals surface area contributed by atoms with Crippen molar-refractivity contribution in [2.75, 3.05) is 10.6 Å². The minimum Gasteiger partial charge on any atom is -0.478 e. The molecular formula is C12H13N3O4S. The van der Waals surface area contributed by atoms with Gasteiger partial charge in [-0.15, -0.1) is 11.3 Å². The van der Waals surface area contributed by atoms with Crippen LogP contribution < -0.4 is 10.6 Å². The SMILES string of the molecule is Cc1cc(NC(=O)Nc2sc(C)c(C)c2C(=O)O)no1. The third kappa shape index (κ3) is 2.80. The summed E-state index contributed by atoms with van der Waals surface area (Å²) in [6, 6.07) is 0.991. The fraction of sp³-hybridized carbons (Fsp3) is 0.250. The van der Waals surface area contributed by atoms with Gasteiger partial charge < -0.3 is 9.63 Å². The lowest BCUT2D eigenvalue weighted by molar-refractivity contribution is 0.0697. The highest BCUT2D eigenvalue weighted by atomic mass is 32.1. The van der Waals surface area contributed by atoms with E-state index in [1.165, 1.54) is 11.3 Å². The first-order valence-electron chi connectivity index (χ1n) is 5.73. The number of nitrogens with one attached hydrogen (secondary N) is 2. The summed E-state index contributed by atoms with van der Waals surface area (Å²) in [5.41, 5.74) is 0.758. The molecule has 0 fully saturated rings. The van der Waals surface area contributed by atoms with Gasteiger partial charge in [0.05, 0.1) is 5.56 Å². The molecule has 20 heavy (non-hydrogen) atoms. The molecule has 0 unspecified atom stereocenters. The van der Waals surface area contributed by atoms with E-state index in [4.69, 9.17) is 4.52 Å². The van der Waals surface area contributed by atoms with Crippen LogP contribution in [0.5, 0.6) is 0 Å². The number of amides is 2. The number of carboxylic acids is 1. The zero-order valence-electron chi connectivity index (χ0n) is 11.1. The predicted molar refractivity (Wildman–Crippen MR) is 74.6 cm³/mol. The van der Waals surface area contributed by atoms with Gasteiger partial charge in [-0.25, -0.2) is 9.59 Å². The van der Waals surface area contributed by atoms with Crippen molar-refractivity contribution >= 4 is 34.2 Å². The van der Waals surface area contributed by atoms with Gasteiger partial charge >= 0.3 is 12.0 Å². The molecule has 3 N–H and O–H groups in total. The van der Waals surface area contributed by atoms with Crippen LogP contribution in [0.25, 0.3) is 0 Å². The number of urea groups is 1. The molecule has 2 aromatic heterocycles. The number of aromatic carboxylic acids is 1. The first-order chi connectivity index (χ1) is 9.38. The van der Waals surface area contributed by atoms with Crippen LogP contribution in [0, 0.1) is 20.8 Å². The second-order valence-corrected chi connectivity index (χ2v) is 5.42. The summed E-state index contributed by atoms with van der Waals surface area (Å²) in [6.07, 6.45) is 0. The van der Waals surface area contributed by atoms with E-state index in [1.807, 2.05) is 0 Å². The molecule has 0 saturated carbocycles. The Kier molecular flexibility index (Phi) is 3.75. The van der Waals surface area contributed by atoms with E-state index < -0.39 is 12.0 Å². The Balaban J connectivity index is 2.16. The van der Waals surface area contributed by atoms with E-state index in [0.29, 0.717) is 16.3 Å². The lowest BCUT2D eigenvalue weighted by Gasteiger charge is -2.04. The molecule has 106 valence electrons. The van der Waals surface area contributed by atoms with E-state index >= 15 is 0 Å². The molecule has 2 aromatic rings. The molecule has 0 radical (unpaired) electrons. The number of aromatic nitrogens is 1. The number of carbonyl (C=O) groups is 2. The standard InChI is InChI=1S/C12H13N3O4S/c1-5-4-8(15-19-5)13-12(18)14-10-9(11(16)17)6(2)7(3)20-10/h4H,1-3H3,(H,16,17)(H2,13,14,15,18). The predicted octanol–water partition coefficient (Wildman–Crippen LogP) is 3.00. The summed E-state index contributed by atoms with van der Waals surface area (Å²) >= 11 is 1.22. The first kappa shape index (κ1) is 14.1. The molecule has 2 amide bonds. The molecule has 0 atom stereocenters. The Morgan fingerprint density at radius 2 is 2.00 bits per heavy atom. The zero-order chi connectivity index (χ0) is 14.9. The number of carbonyl (C=O) groups excluding carboxylic acids is 1. The summed E-state index contributed by atoms with van der Waals surface area (Å²) in [5.74, 6) is -0.240. The van der Waals surface area contributed by atoms with Crippen molar-refractivity contribution in [2.45, 2.75) is 20.8 Å². The minimum absolute atomic E-state index is 0.110. The monoisotopic (exact) mass is 295 g/mol. The van der Waals surface area contributed by atoms with E-state index in [2.05, 4.69) is 15.8 Å². The molecule has 0 aromatic carbocycles. The van der Waals surface area contributed by atoms with Gasteiger partial charge in [-0.3, -0.25) is 10.6 Å². The number of anilines is 2. The van der Waals surface area contributed by atoms with Crippen LogP contribution in [0.3, 0.4) is 0 Å². The van der Waals surface area contributed by atoms with Crippen molar-refractivity contribution < 1.29 is 19.2 Å². The lowest BCUT2D eigenvalue weighted by atomic mass is 10.1. The highest BCUT2D eigenvalue weighted by Crippen LogP contribution is 2.32.